The van der Waals surface area contributed by atoms with Crippen LogP contribution in [0, 0.1) is 0 Å². The quantitative estimate of drug-likeness (QED) is 0.511. The third-order valence-corrected chi connectivity index (χ3v) is 6.32. The van der Waals surface area contributed by atoms with E-state index in [0.717, 1.165) is 0 Å². The first-order valence-electron chi connectivity index (χ1n) is 11.4. The van der Waals surface area contributed by atoms with Crippen LogP contribution in [0.15, 0.2) is 48.5 Å². The molecule has 1 fully saturated rings. The summed E-state index contributed by atoms with van der Waals surface area (Å²) in [5.41, 5.74) is 6.88. The highest BCUT2D eigenvalue weighted by molar-refractivity contribution is 5.79. The van der Waals surface area contributed by atoms with Crippen molar-refractivity contribution in [3.05, 3.63) is 59.7 Å². The number of likely N-dealkylation sites (tertiary alicyclic amines) is 1. The summed E-state index contributed by atoms with van der Waals surface area (Å²) in [5, 5.41) is 11.7. The molecule has 9 heteroatoms. The van der Waals surface area contributed by atoms with Crippen LogP contribution in [0.3, 0.4) is 0 Å². The highest BCUT2D eigenvalue weighted by atomic mass is 16.7. The Labute approximate surface area is 198 Å². The van der Waals surface area contributed by atoms with Crippen molar-refractivity contribution in [2.24, 2.45) is 0 Å². The summed E-state index contributed by atoms with van der Waals surface area (Å²) >= 11 is 0. The molecular formula is C25H29N3O6. The van der Waals surface area contributed by atoms with Crippen LogP contribution in [0.5, 0.6) is 0 Å². The summed E-state index contributed by atoms with van der Waals surface area (Å²) in [7, 11) is 0. The lowest BCUT2D eigenvalue weighted by atomic mass is 9.98. The summed E-state index contributed by atoms with van der Waals surface area (Å²) in [4.78, 5) is 41.9. The largest absolute Gasteiger partial charge is 0.479 e. The molecule has 2 aromatic carbocycles. The smallest absolute Gasteiger partial charge is 0.407 e. The lowest BCUT2D eigenvalue weighted by Gasteiger charge is -2.31. The Morgan fingerprint density at radius 2 is 1.62 bits per heavy atom. The molecule has 3 N–H and O–H groups in total. The van der Waals surface area contributed by atoms with Gasteiger partial charge < -0.3 is 15.2 Å². The number of hydrogen-bond acceptors (Lipinski definition) is 6. The van der Waals surface area contributed by atoms with Gasteiger partial charge in [0.25, 0.3) is 5.91 Å². The standard InChI is InChI=1S/C25H29N3O6/c1-16(24(30)31)34-27-23(29)14-28-12-10-17(11-13-28)26-25(32)33-15-22-20-8-4-2-6-18(20)19-7-3-5-9-21(19)22/h2-9,16-17,22H,10-15H2,1H3,(H,26,32)(H,27,29)(H,30,31). The number of hydroxylamine groups is 1. The molecule has 2 aliphatic rings. The second-order valence-corrected chi connectivity index (χ2v) is 8.64. The van der Waals surface area contributed by atoms with Crippen LogP contribution in [-0.2, 0) is 19.2 Å². The summed E-state index contributed by atoms with van der Waals surface area (Å²) in [6.07, 6.45) is -0.182. The first kappa shape index (κ1) is 23.7. The molecule has 1 aliphatic heterocycles. The Kier molecular flexibility index (Phi) is 7.44. The van der Waals surface area contributed by atoms with Crippen LogP contribution in [-0.4, -0.2) is 66.4 Å². The zero-order valence-corrected chi connectivity index (χ0v) is 19.0. The fraction of sp³-hybridized carbons (Fsp3) is 0.400. The third-order valence-electron chi connectivity index (χ3n) is 6.32. The average molecular weight is 468 g/mol. The number of hydrogen-bond donors (Lipinski definition) is 3. The van der Waals surface area contributed by atoms with Crippen molar-refractivity contribution >= 4 is 18.0 Å². The monoisotopic (exact) mass is 467 g/mol. The molecular weight excluding hydrogens is 438 g/mol. The zero-order chi connectivity index (χ0) is 24.1. The molecule has 34 heavy (non-hydrogen) atoms. The molecule has 180 valence electrons. The van der Waals surface area contributed by atoms with Gasteiger partial charge in [0.15, 0.2) is 6.10 Å². The minimum atomic E-state index is -1.15. The van der Waals surface area contributed by atoms with E-state index in [9.17, 15) is 14.4 Å². The number of benzene rings is 2. The Morgan fingerprint density at radius 3 is 2.21 bits per heavy atom. The van der Waals surface area contributed by atoms with Crippen molar-refractivity contribution in [1.82, 2.24) is 15.7 Å². The van der Waals surface area contributed by atoms with E-state index in [-0.39, 0.29) is 25.1 Å². The van der Waals surface area contributed by atoms with Gasteiger partial charge in [-0.15, -0.1) is 0 Å². The number of rotatable bonds is 8. The van der Waals surface area contributed by atoms with Crippen molar-refractivity contribution in [2.75, 3.05) is 26.2 Å². The second-order valence-electron chi connectivity index (χ2n) is 8.64. The SMILES string of the molecule is CC(ONC(=O)CN1CCC(NC(=O)OCC2c3ccccc3-c3ccccc32)CC1)C(=O)O. The number of piperidine rings is 1. The minimum absolute atomic E-state index is 0.0181. The molecule has 9 nitrogen and oxygen atoms in total. The second kappa shape index (κ2) is 10.7. The summed E-state index contributed by atoms with van der Waals surface area (Å²) in [6.45, 7) is 2.95. The van der Waals surface area contributed by atoms with Crippen LogP contribution in [0.1, 0.15) is 36.8 Å². The number of aliphatic carboxylic acids is 1. The predicted octanol–water partition coefficient (Wildman–Crippen LogP) is 2.51. The molecule has 4 rings (SSSR count). The highest BCUT2D eigenvalue weighted by Crippen LogP contribution is 2.44. The lowest BCUT2D eigenvalue weighted by molar-refractivity contribution is -0.159. The van der Waals surface area contributed by atoms with Gasteiger partial charge in [0.2, 0.25) is 0 Å². The lowest BCUT2D eigenvalue weighted by Crippen LogP contribution is -2.48. The van der Waals surface area contributed by atoms with Crippen LogP contribution in [0.4, 0.5) is 4.79 Å². The normalized spacial score (nSPS) is 16.9. The van der Waals surface area contributed by atoms with Gasteiger partial charge in [0, 0.05) is 25.0 Å². The Balaban J connectivity index is 1.20. The van der Waals surface area contributed by atoms with E-state index >= 15 is 0 Å². The van der Waals surface area contributed by atoms with Gasteiger partial charge in [0.1, 0.15) is 6.61 Å². The van der Waals surface area contributed by atoms with Crippen LogP contribution in [0.25, 0.3) is 11.1 Å². The number of carboxylic acids is 1. The van der Waals surface area contributed by atoms with E-state index < -0.39 is 24.1 Å². The molecule has 0 radical (unpaired) electrons. The minimum Gasteiger partial charge on any atom is -0.479 e. The van der Waals surface area contributed by atoms with Gasteiger partial charge in [-0.2, -0.15) is 0 Å². The summed E-state index contributed by atoms with van der Waals surface area (Å²) in [5.74, 6) is -1.54. The number of carboxylic acid groups (broad SMARTS) is 1. The number of ether oxygens (including phenoxy) is 1. The number of fused-ring (bicyclic) bond motifs is 3. The van der Waals surface area contributed by atoms with Gasteiger partial charge in [-0.3, -0.25) is 14.5 Å². The average Bonchev–Trinajstić information content (AvgIpc) is 3.16. The molecule has 1 heterocycles. The van der Waals surface area contributed by atoms with E-state index in [1.165, 1.54) is 29.2 Å². The summed E-state index contributed by atoms with van der Waals surface area (Å²) < 4.78 is 5.62. The van der Waals surface area contributed by atoms with Crippen molar-refractivity contribution in [1.29, 1.82) is 0 Å². The Morgan fingerprint density at radius 1 is 1.03 bits per heavy atom. The van der Waals surface area contributed by atoms with E-state index in [4.69, 9.17) is 14.7 Å². The van der Waals surface area contributed by atoms with Crippen molar-refractivity contribution in [3.63, 3.8) is 0 Å². The molecule has 2 amide bonds. The number of carbonyl (C=O) groups excluding carboxylic acids is 2. The number of nitrogens with zero attached hydrogens (tertiary/aromatic N) is 1. The number of carbonyl (C=O) groups is 3. The molecule has 2 aromatic rings. The van der Waals surface area contributed by atoms with E-state index in [0.29, 0.717) is 25.9 Å². The maximum Gasteiger partial charge on any atom is 0.407 e. The third kappa shape index (κ3) is 5.55. The van der Waals surface area contributed by atoms with Crippen LogP contribution < -0.4 is 10.8 Å². The molecule has 0 bridgehead atoms. The van der Waals surface area contributed by atoms with Crippen molar-refractivity contribution < 1.29 is 29.1 Å². The number of nitrogens with one attached hydrogen (secondary N) is 2. The fourth-order valence-corrected chi connectivity index (χ4v) is 4.48. The molecule has 1 aliphatic carbocycles. The van der Waals surface area contributed by atoms with Gasteiger partial charge >= 0.3 is 12.1 Å². The molecule has 1 unspecified atom stereocenters. The Hall–Kier alpha value is -3.43. The number of amides is 2. The number of alkyl carbamates (subject to hydrolysis) is 1. The topological polar surface area (TPSA) is 117 Å². The highest BCUT2D eigenvalue weighted by Gasteiger charge is 2.29. The summed E-state index contributed by atoms with van der Waals surface area (Å²) in [6, 6.07) is 16.4. The maximum absolute atomic E-state index is 12.5. The van der Waals surface area contributed by atoms with Crippen molar-refractivity contribution in [2.45, 2.75) is 37.8 Å². The predicted molar refractivity (Wildman–Crippen MR) is 124 cm³/mol. The van der Waals surface area contributed by atoms with Crippen LogP contribution >= 0.6 is 0 Å². The fourth-order valence-electron chi connectivity index (χ4n) is 4.48. The van der Waals surface area contributed by atoms with E-state index in [1.807, 2.05) is 29.2 Å². The molecule has 1 atom stereocenters. The van der Waals surface area contributed by atoms with Gasteiger partial charge in [-0.1, -0.05) is 48.5 Å². The van der Waals surface area contributed by atoms with Gasteiger partial charge in [0.05, 0.1) is 6.54 Å². The maximum atomic E-state index is 12.5. The molecule has 0 spiro atoms. The van der Waals surface area contributed by atoms with Crippen LogP contribution in [0.2, 0.25) is 0 Å². The van der Waals surface area contributed by atoms with E-state index in [2.05, 4.69) is 35.1 Å². The van der Waals surface area contributed by atoms with Gasteiger partial charge in [-0.25, -0.2) is 15.1 Å². The van der Waals surface area contributed by atoms with Gasteiger partial charge in [-0.05, 0) is 42.0 Å². The first-order valence-corrected chi connectivity index (χ1v) is 11.4. The molecule has 0 saturated carbocycles. The van der Waals surface area contributed by atoms with Crippen molar-refractivity contribution in [3.8, 4) is 11.1 Å². The molecule has 1 saturated heterocycles. The molecule has 0 aromatic heterocycles. The zero-order valence-electron chi connectivity index (χ0n) is 19.0. The van der Waals surface area contributed by atoms with E-state index in [1.54, 1.807) is 0 Å². The first-order chi connectivity index (χ1) is 16.4. The Bertz CT molecular complexity index is 1000.